The van der Waals surface area contributed by atoms with Crippen LogP contribution in [0.15, 0.2) is 11.8 Å². The molecule has 7 heteroatoms. The predicted molar refractivity (Wildman–Crippen MR) is 74.5 cm³/mol. The molecule has 0 aromatic heterocycles. The zero-order valence-electron chi connectivity index (χ0n) is 12.0. The maximum atomic E-state index is 11.6. The van der Waals surface area contributed by atoms with Crippen molar-refractivity contribution in [3.8, 4) is 6.07 Å². The van der Waals surface area contributed by atoms with Crippen LogP contribution in [0.4, 0.5) is 0 Å². The lowest BCUT2D eigenvalue weighted by Crippen LogP contribution is -2.30. The van der Waals surface area contributed by atoms with Crippen LogP contribution in [0.3, 0.4) is 0 Å². The van der Waals surface area contributed by atoms with Crippen LogP contribution in [0, 0.1) is 11.3 Å². The minimum absolute atomic E-state index is 0.00392. The Morgan fingerprint density at radius 3 is 2.60 bits per heavy atom. The smallest absolute Gasteiger partial charge is 0.263 e. The van der Waals surface area contributed by atoms with E-state index < -0.39 is 5.91 Å². The summed E-state index contributed by atoms with van der Waals surface area (Å²) in [6.45, 7) is 5.90. The molecular formula is C13H22N4O3. The molecule has 0 aromatic carbocycles. The summed E-state index contributed by atoms with van der Waals surface area (Å²) in [5.74, 6) is -0.542. The summed E-state index contributed by atoms with van der Waals surface area (Å²) in [6, 6.07) is 1.82. The van der Waals surface area contributed by atoms with Crippen molar-refractivity contribution in [3.05, 3.63) is 11.8 Å². The molecule has 0 aliphatic carbocycles. The third-order valence-corrected chi connectivity index (χ3v) is 2.21. The highest BCUT2D eigenvalue weighted by atomic mass is 16.5. The lowest BCUT2D eigenvalue weighted by atomic mass is 10.3. The van der Waals surface area contributed by atoms with E-state index in [0.717, 1.165) is 0 Å². The Morgan fingerprint density at radius 2 is 2.00 bits per heavy atom. The zero-order valence-corrected chi connectivity index (χ0v) is 12.0. The monoisotopic (exact) mass is 282 g/mol. The average molecular weight is 282 g/mol. The molecule has 7 nitrogen and oxygen atoms in total. The van der Waals surface area contributed by atoms with Gasteiger partial charge in [-0.15, -0.1) is 0 Å². The predicted octanol–water partition coefficient (Wildman–Crippen LogP) is -0.338. The quantitative estimate of drug-likeness (QED) is 0.289. The van der Waals surface area contributed by atoms with Crippen LogP contribution in [0.1, 0.15) is 20.3 Å². The summed E-state index contributed by atoms with van der Waals surface area (Å²) >= 11 is 0. The van der Waals surface area contributed by atoms with Crippen molar-refractivity contribution in [1.29, 1.82) is 5.26 Å². The van der Waals surface area contributed by atoms with Crippen molar-refractivity contribution in [3.63, 3.8) is 0 Å². The first-order valence-corrected chi connectivity index (χ1v) is 6.55. The number of nitriles is 1. The average Bonchev–Trinajstić information content (AvgIpc) is 2.42. The second kappa shape index (κ2) is 12.0. The second-order valence-corrected chi connectivity index (χ2v) is 3.91. The van der Waals surface area contributed by atoms with E-state index in [1.165, 1.54) is 13.1 Å². The SMILES string of the molecule is CCOCCCNC(=O)/C(C#N)=C\NCCNC(C)=O. The van der Waals surface area contributed by atoms with E-state index >= 15 is 0 Å². The first-order chi connectivity index (χ1) is 9.61. The van der Waals surface area contributed by atoms with Crippen molar-refractivity contribution >= 4 is 11.8 Å². The Bertz CT molecular complexity index is 374. The number of ether oxygens (including phenoxy) is 1. The van der Waals surface area contributed by atoms with E-state index in [2.05, 4.69) is 16.0 Å². The molecule has 0 fully saturated rings. The summed E-state index contributed by atoms with van der Waals surface area (Å²) in [5, 5.41) is 16.9. The van der Waals surface area contributed by atoms with Gasteiger partial charge in [-0.2, -0.15) is 5.26 Å². The molecule has 0 spiro atoms. The number of nitrogens with zero attached hydrogens (tertiary/aromatic N) is 1. The number of hydrogen-bond acceptors (Lipinski definition) is 5. The number of nitrogens with one attached hydrogen (secondary N) is 3. The topological polar surface area (TPSA) is 103 Å². The summed E-state index contributed by atoms with van der Waals surface area (Å²) < 4.78 is 5.14. The lowest BCUT2D eigenvalue weighted by Gasteiger charge is -2.05. The number of carbonyl (C=O) groups is 2. The molecule has 0 saturated carbocycles. The van der Waals surface area contributed by atoms with E-state index in [1.807, 2.05) is 13.0 Å². The Balaban J connectivity index is 3.89. The highest BCUT2D eigenvalue weighted by Gasteiger charge is 2.07. The van der Waals surface area contributed by atoms with Gasteiger partial charge in [0.2, 0.25) is 5.91 Å². The van der Waals surface area contributed by atoms with Crippen molar-refractivity contribution in [1.82, 2.24) is 16.0 Å². The Kier molecular flexibility index (Phi) is 10.7. The van der Waals surface area contributed by atoms with E-state index in [4.69, 9.17) is 10.00 Å². The van der Waals surface area contributed by atoms with Crippen LogP contribution < -0.4 is 16.0 Å². The van der Waals surface area contributed by atoms with Gasteiger partial charge in [-0.05, 0) is 13.3 Å². The number of carbonyl (C=O) groups excluding carboxylic acids is 2. The Hall–Kier alpha value is -2.07. The third kappa shape index (κ3) is 9.91. The molecule has 0 aromatic rings. The van der Waals surface area contributed by atoms with Crippen molar-refractivity contribution in [2.75, 3.05) is 32.8 Å². The molecule has 0 rings (SSSR count). The maximum Gasteiger partial charge on any atom is 0.263 e. The largest absolute Gasteiger partial charge is 0.388 e. The molecule has 0 atom stereocenters. The van der Waals surface area contributed by atoms with Gasteiger partial charge in [0, 0.05) is 46.0 Å². The second-order valence-electron chi connectivity index (χ2n) is 3.91. The van der Waals surface area contributed by atoms with Gasteiger partial charge in [-0.1, -0.05) is 0 Å². The normalized spacial score (nSPS) is 10.6. The van der Waals surface area contributed by atoms with Gasteiger partial charge in [0.05, 0.1) is 0 Å². The highest BCUT2D eigenvalue weighted by molar-refractivity contribution is 5.97. The van der Waals surface area contributed by atoms with Crippen LogP contribution in [0.2, 0.25) is 0 Å². The van der Waals surface area contributed by atoms with Crippen LogP contribution in [0.25, 0.3) is 0 Å². The molecule has 2 amide bonds. The first-order valence-electron chi connectivity index (χ1n) is 6.55. The van der Waals surface area contributed by atoms with Crippen molar-refractivity contribution in [2.24, 2.45) is 0 Å². The van der Waals surface area contributed by atoms with Crippen molar-refractivity contribution in [2.45, 2.75) is 20.3 Å². The Morgan fingerprint density at radius 1 is 1.25 bits per heavy atom. The fourth-order valence-electron chi connectivity index (χ4n) is 1.25. The molecule has 20 heavy (non-hydrogen) atoms. The maximum absolute atomic E-state index is 11.6. The molecule has 112 valence electrons. The number of hydrogen-bond donors (Lipinski definition) is 3. The molecule has 0 radical (unpaired) electrons. The van der Waals surface area contributed by atoms with E-state index in [9.17, 15) is 9.59 Å². The molecular weight excluding hydrogens is 260 g/mol. The van der Waals surface area contributed by atoms with Crippen LogP contribution in [0.5, 0.6) is 0 Å². The molecule has 0 saturated heterocycles. The van der Waals surface area contributed by atoms with Gasteiger partial charge in [-0.25, -0.2) is 0 Å². The lowest BCUT2D eigenvalue weighted by molar-refractivity contribution is -0.119. The summed E-state index contributed by atoms with van der Waals surface area (Å²) in [5.41, 5.74) is 0.00392. The van der Waals surface area contributed by atoms with Gasteiger partial charge in [-0.3, -0.25) is 9.59 Å². The fraction of sp³-hybridized carbons (Fsp3) is 0.615. The van der Waals surface area contributed by atoms with Gasteiger partial charge >= 0.3 is 0 Å². The van der Waals surface area contributed by atoms with Crippen LogP contribution in [-0.2, 0) is 14.3 Å². The summed E-state index contributed by atoms with van der Waals surface area (Å²) in [6.07, 6.45) is 2.05. The third-order valence-electron chi connectivity index (χ3n) is 2.21. The molecule has 3 N–H and O–H groups in total. The fourth-order valence-corrected chi connectivity index (χ4v) is 1.25. The van der Waals surface area contributed by atoms with Gasteiger partial charge in [0.15, 0.2) is 0 Å². The number of amides is 2. The Labute approximate surface area is 119 Å². The number of rotatable bonds is 10. The standard InChI is InChI=1S/C13H22N4O3/c1-3-20-8-4-5-17-13(19)12(9-14)10-15-6-7-16-11(2)18/h10,15H,3-8H2,1-2H3,(H,16,18)(H,17,19)/b12-10-. The van der Waals surface area contributed by atoms with E-state index in [0.29, 0.717) is 39.3 Å². The molecule has 0 bridgehead atoms. The molecule has 0 aliphatic rings. The van der Waals surface area contributed by atoms with Gasteiger partial charge < -0.3 is 20.7 Å². The van der Waals surface area contributed by atoms with Crippen molar-refractivity contribution < 1.29 is 14.3 Å². The zero-order chi connectivity index (χ0) is 15.2. The van der Waals surface area contributed by atoms with Crippen LogP contribution in [-0.4, -0.2) is 44.7 Å². The molecule has 0 aliphatic heterocycles. The summed E-state index contributed by atoms with van der Waals surface area (Å²) in [4.78, 5) is 22.2. The highest BCUT2D eigenvalue weighted by Crippen LogP contribution is 1.90. The summed E-state index contributed by atoms with van der Waals surface area (Å²) in [7, 11) is 0. The van der Waals surface area contributed by atoms with Gasteiger partial charge in [0.25, 0.3) is 5.91 Å². The van der Waals surface area contributed by atoms with E-state index in [1.54, 1.807) is 0 Å². The van der Waals surface area contributed by atoms with Crippen LogP contribution >= 0.6 is 0 Å². The van der Waals surface area contributed by atoms with E-state index in [-0.39, 0.29) is 11.5 Å². The van der Waals surface area contributed by atoms with Gasteiger partial charge in [0.1, 0.15) is 11.6 Å². The minimum Gasteiger partial charge on any atom is -0.388 e. The first kappa shape index (κ1) is 17.9. The molecule has 0 heterocycles. The minimum atomic E-state index is -0.420. The molecule has 0 unspecified atom stereocenters.